The zero-order valence-electron chi connectivity index (χ0n) is 19.6. The number of carbonyl (C=O) groups is 1. The van der Waals surface area contributed by atoms with Crippen LogP contribution in [0.2, 0.25) is 0 Å². The summed E-state index contributed by atoms with van der Waals surface area (Å²) in [4.78, 5) is 17.5. The lowest BCUT2D eigenvalue weighted by atomic mass is 9.99. The number of pyridine rings is 1. The van der Waals surface area contributed by atoms with E-state index in [-0.39, 0.29) is 24.2 Å². The molecule has 1 saturated carbocycles. The van der Waals surface area contributed by atoms with Gasteiger partial charge in [0.1, 0.15) is 11.6 Å². The summed E-state index contributed by atoms with van der Waals surface area (Å²) < 4.78 is 23.1. The van der Waals surface area contributed by atoms with Crippen molar-refractivity contribution in [3.63, 3.8) is 0 Å². The number of rotatable bonds is 7. The van der Waals surface area contributed by atoms with Crippen LogP contribution in [-0.2, 0) is 13.6 Å². The summed E-state index contributed by atoms with van der Waals surface area (Å²) in [6.07, 6.45) is 5.86. The molecule has 1 fully saturated rings. The highest BCUT2D eigenvalue weighted by Crippen LogP contribution is 2.32. The molecule has 1 aliphatic carbocycles. The maximum Gasteiger partial charge on any atom is 0.251 e. The molecular formula is C26H24FN7O2. The molecule has 0 unspecified atom stereocenters. The monoisotopic (exact) mass is 485 g/mol. The van der Waals surface area contributed by atoms with Gasteiger partial charge in [-0.25, -0.2) is 8.91 Å². The fourth-order valence-corrected chi connectivity index (χ4v) is 4.28. The highest BCUT2D eigenvalue weighted by molar-refractivity contribution is 6.03. The van der Waals surface area contributed by atoms with Crippen LogP contribution in [0.4, 0.5) is 10.3 Å². The highest BCUT2D eigenvalue weighted by atomic mass is 19.1. The predicted octanol–water partition coefficient (Wildman–Crippen LogP) is 3.72. The zero-order valence-corrected chi connectivity index (χ0v) is 19.6. The average molecular weight is 486 g/mol. The quantitative estimate of drug-likeness (QED) is 0.363. The predicted molar refractivity (Wildman–Crippen MR) is 133 cm³/mol. The highest BCUT2D eigenvalue weighted by Gasteiger charge is 2.22. The third-order valence-electron chi connectivity index (χ3n) is 6.43. The molecule has 0 saturated heterocycles. The van der Waals surface area contributed by atoms with E-state index in [4.69, 9.17) is 10.5 Å². The summed E-state index contributed by atoms with van der Waals surface area (Å²) in [5.74, 6) is 0.678. The van der Waals surface area contributed by atoms with E-state index in [0.717, 1.165) is 34.9 Å². The van der Waals surface area contributed by atoms with Crippen molar-refractivity contribution < 1.29 is 13.9 Å². The molecule has 1 amide bonds. The number of anilines is 1. The third kappa shape index (κ3) is 4.21. The van der Waals surface area contributed by atoms with Gasteiger partial charge >= 0.3 is 0 Å². The maximum absolute atomic E-state index is 13.9. The summed E-state index contributed by atoms with van der Waals surface area (Å²) in [5.41, 5.74) is 9.87. The van der Waals surface area contributed by atoms with E-state index in [9.17, 15) is 9.18 Å². The topological polar surface area (TPSA) is 112 Å². The zero-order chi connectivity index (χ0) is 24.8. The van der Waals surface area contributed by atoms with Crippen LogP contribution in [0, 0.1) is 11.7 Å². The lowest BCUT2D eigenvalue weighted by Gasteiger charge is -2.13. The minimum Gasteiger partial charge on any atom is -0.493 e. The van der Waals surface area contributed by atoms with E-state index in [0.29, 0.717) is 35.0 Å². The van der Waals surface area contributed by atoms with Crippen molar-refractivity contribution in [3.8, 4) is 16.9 Å². The van der Waals surface area contributed by atoms with E-state index in [2.05, 4.69) is 20.5 Å². The minimum absolute atomic E-state index is 0.139. The molecule has 0 atom stereocenters. The fraction of sp³-hybridized carbons (Fsp3) is 0.231. The number of hydrogen-bond donors (Lipinski definition) is 2. The van der Waals surface area contributed by atoms with Crippen LogP contribution in [0.15, 0.2) is 54.9 Å². The van der Waals surface area contributed by atoms with Gasteiger partial charge in [0.15, 0.2) is 5.65 Å². The number of benzene rings is 2. The Kier molecular flexibility index (Phi) is 5.28. The number of carbonyl (C=O) groups excluding carboxylic acids is 1. The molecule has 3 N–H and O–H groups in total. The van der Waals surface area contributed by atoms with E-state index >= 15 is 0 Å². The molecule has 5 aromatic rings. The van der Waals surface area contributed by atoms with Gasteiger partial charge in [-0.15, -0.1) is 5.10 Å². The summed E-state index contributed by atoms with van der Waals surface area (Å²) in [7, 11) is 1.83. The molecule has 36 heavy (non-hydrogen) atoms. The molecule has 0 aliphatic heterocycles. The van der Waals surface area contributed by atoms with Crippen LogP contribution in [0.3, 0.4) is 0 Å². The van der Waals surface area contributed by atoms with E-state index < -0.39 is 0 Å². The lowest BCUT2D eigenvalue weighted by molar-refractivity contribution is 0.0950. The number of nitrogen functional groups attached to an aromatic ring is 1. The van der Waals surface area contributed by atoms with Crippen molar-refractivity contribution in [2.75, 3.05) is 12.3 Å². The van der Waals surface area contributed by atoms with Crippen molar-refractivity contribution in [3.05, 3.63) is 71.8 Å². The number of fused-ring (bicyclic) bond motifs is 2. The van der Waals surface area contributed by atoms with Crippen molar-refractivity contribution in [1.82, 2.24) is 29.7 Å². The fourth-order valence-electron chi connectivity index (χ4n) is 4.28. The van der Waals surface area contributed by atoms with Gasteiger partial charge in [0.2, 0.25) is 5.95 Å². The number of nitrogens with one attached hydrogen (secondary N) is 1. The Balaban J connectivity index is 1.31. The molecule has 3 heterocycles. The van der Waals surface area contributed by atoms with Gasteiger partial charge in [-0.3, -0.25) is 9.48 Å². The maximum atomic E-state index is 13.9. The standard InChI is InChI=1S/C26H24FN7O2/c1-33-22-10-17(25(35)29-12-18-8-19(27)4-5-23(18)36-14-15-2-3-15)9-20(21(22)13-30-33)16-6-7-34-24(11-16)31-26(28)32-34/h4-11,13,15H,2-3,12,14H2,1H3,(H2,28,32)(H,29,35). The molecule has 6 rings (SSSR count). The molecule has 182 valence electrons. The first-order valence-corrected chi connectivity index (χ1v) is 11.7. The van der Waals surface area contributed by atoms with Gasteiger partial charge in [-0.1, -0.05) is 0 Å². The first kappa shape index (κ1) is 22.0. The summed E-state index contributed by atoms with van der Waals surface area (Å²) in [6.45, 7) is 0.746. The van der Waals surface area contributed by atoms with Gasteiger partial charge in [0.25, 0.3) is 5.91 Å². The molecule has 0 radical (unpaired) electrons. The Hall–Kier alpha value is -4.47. The Morgan fingerprint density at radius 1 is 1.22 bits per heavy atom. The number of nitrogens with zero attached hydrogens (tertiary/aromatic N) is 5. The van der Waals surface area contributed by atoms with Gasteiger partial charge in [0.05, 0.1) is 18.3 Å². The van der Waals surface area contributed by atoms with Gasteiger partial charge < -0.3 is 15.8 Å². The average Bonchev–Trinajstić information content (AvgIpc) is 3.52. The van der Waals surface area contributed by atoms with Crippen LogP contribution in [0.1, 0.15) is 28.8 Å². The molecular weight excluding hydrogens is 461 g/mol. The van der Waals surface area contributed by atoms with Crippen LogP contribution in [-0.4, -0.2) is 36.9 Å². The molecule has 10 heteroatoms. The Labute approximate surface area is 205 Å². The van der Waals surface area contributed by atoms with E-state index in [1.807, 2.05) is 25.2 Å². The number of ether oxygens (including phenoxy) is 1. The summed E-state index contributed by atoms with van der Waals surface area (Å²) in [6, 6.07) is 11.8. The van der Waals surface area contributed by atoms with E-state index in [1.54, 1.807) is 33.7 Å². The molecule has 9 nitrogen and oxygen atoms in total. The molecule has 1 aliphatic rings. The second-order valence-corrected chi connectivity index (χ2v) is 9.10. The largest absolute Gasteiger partial charge is 0.493 e. The van der Waals surface area contributed by atoms with Gasteiger partial charge in [-0.2, -0.15) is 10.1 Å². The SMILES string of the molecule is Cn1ncc2c(-c3ccn4nc(N)nc4c3)cc(C(=O)NCc3cc(F)ccc3OCC3CC3)cc21. The Morgan fingerprint density at radius 2 is 2.08 bits per heavy atom. The van der Waals surface area contributed by atoms with Crippen LogP contribution >= 0.6 is 0 Å². The first-order valence-electron chi connectivity index (χ1n) is 11.7. The van der Waals surface area contributed by atoms with Crippen LogP contribution in [0.5, 0.6) is 5.75 Å². The molecule has 2 aromatic carbocycles. The van der Waals surface area contributed by atoms with Crippen LogP contribution in [0.25, 0.3) is 27.7 Å². The molecule has 0 spiro atoms. The number of hydrogen-bond acceptors (Lipinski definition) is 6. The Bertz CT molecular complexity index is 1620. The number of halogens is 1. The minimum atomic E-state index is -0.374. The van der Waals surface area contributed by atoms with Crippen molar-refractivity contribution in [2.24, 2.45) is 13.0 Å². The van der Waals surface area contributed by atoms with Crippen molar-refractivity contribution in [1.29, 1.82) is 0 Å². The Morgan fingerprint density at radius 3 is 2.92 bits per heavy atom. The number of aryl methyl sites for hydroxylation is 1. The molecule has 0 bridgehead atoms. The van der Waals surface area contributed by atoms with Crippen molar-refractivity contribution in [2.45, 2.75) is 19.4 Å². The number of nitrogens with two attached hydrogens (primary N) is 1. The van der Waals surface area contributed by atoms with E-state index in [1.165, 1.54) is 12.1 Å². The normalized spacial score (nSPS) is 13.4. The number of aromatic nitrogens is 5. The van der Waals surface area contributed by atoms with Gasteiger partial charge in [-0.05, 0) is 72.4 Å². The third-order valence-corrected chi connectivity index (χ3v) is 6.43. The first-order chi connectivity index (χ1) is 17.4. The second-order valence-electron chi connectivity index (χ2n) is 9.10. The lowest BCUT2D eigenvalue weighted by Crippen LogP contribution is -2.23. The summed E-state index contributed by atoms with van der Waals surface area (Å²) >= 11 is 0. The second kappa shape index (κ2) is 8.63. The van der Waals surface area contributed by atoms with Crippen LogP contribution < -0.4 is 15.8 Å². The number of amides is 1. The van der Waals surface area contributed by atoms with Crippen molar-refractivity contribution >= 4 is 28.4 Å². The van der Waals surface area contributed by atoms with Gasteiger partial charge in [0, 0.05) is 36.3 Å². The molecule has 3 aromatic heterocycles. The smallest absolute Gasteiger partial charge is 0.251 e. The summed E-state index contributed by atoms with van der Waals surface area (Å²) in [5, 5.41) is 12.3.